The number of benzene rings is 1. The van der Waals surface area contributed by atoms with E-state index in [1.165, 1.54) is 6.07 Å². The first-order valence-electron chi connectivity index (χ1n) is 3.13. The van der Waals surface area contributed by atoms with Gasteiger partial charge in [-0.3, -0.25) is 0 Å². The Hall–Kier alpha value is -2.12. The summed E-state index contributed by atoms with van der Waals surface area (Å²) < 4.78 is 25.6. The standard InChI is InChI=1S/C7H2F2N4/c8-5-2-7(12-13-11)6(9)1-4(5)3-10/h1-2H. The zero-order valence-electron chi connectivity index (χ0n) is 6.20. The molecule has 1 aromatic carbocycles. The lowest BCUT2D eigenvalue weighted by Crippen LogP contribution is -1.85. The van der Waals surface area contributed by atoms with Crippen LogP contribution in [0.3, 0.4) is 0 Å². The van der Waals surface area contributed by atoms with Crippen molar-refractivity contribution in [2.24, 2.45) is 5.11 Å². The number of azide groups is 1. The topological polar surface area (TPSA) is 72.5 Å². The molecule has 4 nitrogen and oxygen atoms in total. The molecule has 0 saturated heterocycles. The summed E-state index contributed by atoms with van der Waals surface area (Å²) in [4.78, 5) is 2.30. The monoisotopic (exact) mass is 180 g/mol. The van der Waals surface area contributed by atoms with E-state index in [4.69, 9.17) is 10.8 Å². The van der Waals surface area contributed by atoms with Crippen molar-refractivity contribution in [1.29, 1.82) is 5.26 Å². The average molecular weight is 180 g/mol. The van der Waals surface area contributed by atoms with Crippen LogP contribution in [0.25, 0.3) is 10.4 Å². The Bertz CT molecular complexity index is 429. The molecule has 0 amide bonds. The van der Waals surface area contributed by atoms with Gasteiger partial charge in [0.2, 0.25) is 0 Å². The Balaban J connectivity index is 3.38. The third kappa shape index (κ3) is 1.72. The average Bonchev–Trinajstić information content (AvgIpc) is 2.11. The fourth-order valence-electron chi connectivity index (χ4n) is 0.747. The summed E-state index contributed by atoms with van der Waals surface area (Å²) in [6.45, 7) is 0. The molecule has 0 unspecified atom stereocenters. The molecule has 0 aliphatic carbocycles. The number of hydrogen-bond acceptors (Lipinski definition) is 2. The molecular weight excluding hydrogens is 178 g/mol. The molecule has 0 aliphatic heterocycles. The minimum absolute atomic E-state index is 0.422. The lowest BCUT2D eigenvalue weighted by Gasteiger charge is -1.96. The summed E-state index contributed by atoms with van der Waals surface area (Å²) in [6, 6.07) is 2.81. The number of nitriles is 1. The predicted molar refractivity (Wildman–Crippen MR) is 39.9 cm³/mol. The van der Waals surface area contributed by atoms with Gasteiger partial charge in [0.05, 0.1) is 11.3 Å². The van der Waals surface area contributed by atoms with Crippen LogP contribution in [0.5, 0.6) is 0 Å². The van der Waals surface area contributed by atoms with E-state index in [1.54, 1.807) is 0 Å². The second-order valence-electron chi connectivity index (χ2n) is 2.08. The van der Waals surface area contributed by atoms with E-state index in [0.717, 1.165) is 0 Å². The van der Waals surface area contributed by atoms with Crippen molar-refractivity contribution < 1.29 is 8.78 Å². The molecule has 0 saturated carbocycles. The molecule has 1 aromatic rings. The van der Waals surface area contributed by atoms with Gasteiger partial charge in [0.15, 0.2) is 0 Å². The van der Waals surface area contributed by atoms with Crippen molar-refractivity contribution in [3.63, 3.8) is 0 Å². The minimum Gasteiger partial charge on any atom is -0.206 e. The molecule has 13 heavy (non-hydrogen) atoms. The van der Waals surface area contributed by atoms with Gasteiger partial charge >= 0.3 is 0 Å². The summed E-state index contributed by atoms with van der Waals surface area (Å²) >= 11 is 0. The maximum Gasteiger partial charge on any atom is 0.141 e. The molecule has 1 rings (SSSR count). The Morgan fingerprint density at radius 1 is 1.38 bits per heavy atom. The zero-order chi connectivity index (χ0) is 9.84. The van der Waals surface area contributed by atoms with E-state index in [2.05, 4.69) is 10.0 Å². The SMILES string of the molecule is N#Cc1cc(F)c(N=[N+]=[N-])cc1F. The van der Waals surface area contributed by atoms with Crippen LogP contribution >= 0.6 is 0 Å². The molecule has 64 valence electrons. The first-order valence-corrected chi connectivity index (χ1v) is 3.13. The smallest absolute Gasteiger partial charge is 0.141 e. The van der Waals surface area contributed by atoms with E-state index < -0.39 is 22.9 Å². The summed E-state index contributed by atoms with van der Waals surface area (Å²) in [7, 11) is 0. The van der Waals surface area contributed by atoms with Crippen LogP contribution in [0.2, 0.25) is 0 Å². The highest BCUT2D eigenvalue weighted by Crippen LogP contribution is 2.21. The largest absolute Gasteiger partial charge is 0.206 e. The summed E-state index contributed by atoms with van der Waals surface area (Å²) in [5.74, 6) is -1.83. The van der Waals surface area contributed by atoms with E-state index in [-0.39, 0.29) is 0 Å². The highest BCUT2D eigenvalue weighted by molar-refractivity contribution is 5.45. The van der Waals surface area contributed by atoms with Crippen LogP contribution in [0, 0.1) is 23.0 Å². The van der Waals surface area contributed by atoms with Crippen molar-refractivity contribution in [3.05, 3.63) is 39.8 Å². The quantitative estimate of drug-likeness (QED) is 0.372. The van der Waals surface area contributed by atoms with Crippen molar-refractivity contribution >= 4 is 5.69 Å². The second kappa shape index (κ2) is 3.52. The van der Waals surface area contributed by atoms with Gasteiger partial charge in [0.1, 0.15) is 17.7 Å². The number of halogens is 2. The van der Waals surface area contributed by atoms with E-state index in [0.29, 0.717) is 12.1 Å². The lowest BCUT2D eigenvalue weighted by molar-refractivity contribution is 0.598. The molecule has 0 bridgehead atoms. The number of hydrogen-bond donors (Lipinski definition) is 0. The first-order chi connectivity index (χ1) is 6.19. The summed E-state index contributed by atoms with van der Waals surface area (Å²) in [5, 5.41) is 11.2. The fourth-order valence-corrected chi connectivity index (χ4v) is 0.747. The Morgan fingerprint density at radius 3 is 2.62 bits per heavy atom. The summed E-state index contributed by atoms with van der Waals surface area (Å²) in [5.41, 5.74) is 7.08. The maximum absolute atomic E-state index is 12.8. The van der Waals surface area contributed by atoms with E-state index in [1.807, 2.05) is 0 Å². The predicted octanol–water partition coefficient (Wildman–Crippen LogP) is 2.78. The molecular formula is C7H2F2N4. The van der Waals surface area contributed by atoms with Gasteiger partial charge < -0.3 is 0 Å². The van der Waals surface area contributed by atoms with Crippen LogP contribution in [0.4, 0.5) is 14.5 Å². The Labute approximate surface area is 71.7 Å². The van der Waals surface area contributed by atoms with Gasteiger partial charge in [0, 0.05) is 4.91 Å². The van der Waals surface area contributed by atoms with Gasteiger partial charge in [0.25, 0.3) is 0 Å². The lowest BCUT2D eigenvalue weighted by atomic mass is 10.2. The molecule has 0 N–H and O–H groups in total. The van der Waals surface area contributed by atoms with Crippen LogP contribution in [0.1, 0.15) is 5.56 Å². The third-order valence-electron chi connectivity index (χ3n) is 1.31. The van der Waals surface area contributed by atoms with Crippen LogP contribution in [-0.2, 0) is 0 Å². The zero-order valence-corrected chi connectivity index (χ0v) is 6.20. The highest BCUT2D eigenvalue weighted by atomic mass is 19.1. The molecule has 0 fully saturated rings. The van der Waals surface area contributed by atoms with Gasteiger partial charge in [-0.05, 0) is 17.7 Å². The maximum atomic E-state index is 12.8. The van der Waals surface area contributed by atoms with Gasteiger partial charge in [-0.15, -0.1) is 0 Å². The highest BCUT2D eigenvalue weighted by Gasteiger charge is 2.07. The van der Waals surface area contributed by atoms with Crippen LogP contribution in [0.15, 0.2) is 17.2 Å². The normalized spacial score (nSPS) is 8.69. The Kier molecular flexibility index (Phi) is 2.43. The van der Waals surface area contributed by atoms with Crippen molar-refractivity contribution in [3.8, 4) is 6.07 Å². The molecule has 0 radical (unpaired) electrons. The first kappa shape index (κ1) is 8.97. The summed E-state index contributed by atoms with van der Waals surface area (Å²) in [6.07, 6.45) is 0. The fraction of sp³-hybridized carbons (Fsp3) is 0. The van der Waals surface area contributed by atoms with E-state index >= 15 is 0 Å². The molecule has 0 aromatic heterocycles. The molecule has 0 heterocycles. The second-order valence-corrected chi connectivity index (χ2v) is 2.08. The van der Waals surface area contributed by atoms with Crippen LogP contribution < -0.4 is 0 Å². The van der Waals surface area contributed by atoms with Crippen molar-refractivity contribution in [2.75, 3.05) is 0 Å². The van der Waals surface area contributed by atoms with Crippen molar-refractivity contribution in [1.82, 2.24) is 0 Å². The molecule has 6 heteroatoms. The Morgan fingerprint density at radius 2 is 2.08 bits per heavy atom. The van der Waals surface area contributed by atoms with E-state index in [9.17, 15) is 8.78 Å². The minimum atomic E-state index is -0.921. The number of rotatable bonds is 1. The molecule has 0 spiro atoms. The number of nitrogens with zero attached hydrogens (tertiary/aromatic N) is 4. The van der Waals surface area contributed by atoms with Gasteiger partial charge in [-0.1, -0.05) is 5.11 Å². The third-order valence-corrected chi connectivity index (χ3v) is 1.31. The van der Waals surface area contributed by atoms with Gasteiger partial charge in [-0.2, -0.15) is 5.26 Å². The molecule has 0 atom stereocenters. The molecule has 0 aliphatic rings. The van der Waals surface area contributed by atoms with Crippen LogP contribution in [-0.4, -0.2) is 0 Å². The van der Waals surface area contributed by atoms with Crippen molar-refractivity contribution in [2.45, 2.75) is 0 Å². The van der Waals surface area contributed by atoms with Gasteiger partial charge in [-0.25, -0.2) is 8.78 Å².